The monoisotopic (exact) mass is 435 g/mol. The quantitative estimate of drug-likeness (QED) is 0.528. The van der Waals surface area contributed by atoms with Crippen LogP contribution in [0, 0.1) is 0 Å². The molecule has 2 aromatic rings. The first kappa shape index (κ1) is 20.9. The molecule has 144 valence electrons. The number of hydrogen-bond donors (Lipinski definition) is 1. The second-order valence-corrected chi connectivity index (χ2v) is 7.67. The Balaban J connectivity index is 2.15. The van der Waals surface area contributed by atoms with Gasteiger partial charge in [-0.15, -0.1) is 0 Å². The summed E-state index contributed by atoms with van der Waals surface area (Å²) in [5.74, 6) is 0.430. The third-order valence-corrected chi connectivity index (χ3v) is 3.97. The number of nitrogens with one attached hydrogen (secondary N) is 1. The Morgan fingerprint density at radius 3 is 2.33 bits per heavy atom. The van der Waals surface area contributed by atoms with Gasteiger partial charge in [-0.2, -0.15) is 5.48 Å². The van der Waals surface area contributed by atoms with E-state index in [1.54, 1.807) is 63.2 Å². The van der Waals surface area contributed by atoms with Crippen LogP contribution < -0.4 is 10.2 Å². The zero-order chi connectivity index (χ0) is 20.0. The molecular formula is C20H22BrNO5. The molecule has 0 radical (unpaired) electrons. The van der Waals surface area contributed by atoms with Crippen LogP contribution in [0.25, 0.3) is 0 Å². The molecule has 0 unspecified atom stereocenters. The maximum atomic E-state index is 12.8. The molecule has 2 rings (SSSR count). The predicted octanol–water partition coefficient (Wildman–Crippen LogP) is 4.65. The van der Waals surface area contributed by atoms with Crippen LogP contribution in [0.2, 0.25) is 0 Å². The smallest absolute Gasteiger partial charge is 0.431 e. The number of rotatable bonds is 6. The molecule has 0 aliphatic carbocycles. The predicted molar refractivity (Wildman–Crippen MR) is 105 cm³/mol. The Bertz CT molecular complexity index is 812. The van der Waals surface area contributed by atoms with Crippen molar-refractivity contribution in [3.8, 4) is 5.75 Å². The number of ether oxygens (including phenoxy) is 2. The molecule has 0 fully saturated rings. The number of methoxy groups -OCH3 is 1. The Labute approximate surface area is 166 Å². The van der Waals surface area contributed by atoms with Crippen LogP contribution in [-0.2, 0) is 16.2 Å². The summed E-state index contributed by atoms with van der Waals surface area (Å²) in [6, 6.07) is 12.2. The molecule has 2 aromatic carbocycles. The van der Waals surface area contributed by atoms with Crippen molar-refractivity contribution < 1.29 is 23.9 Å². The third kappa shape index (κ3) is 6.37. The zero-order valence-corrected chi connectivity index (χ0v) is 17.3. The Morgan fingerprint density at radius 1 is 1.07 bits per heavy atom. The normalized spacial score (nSPS) is 11.0. The molecule has 1 amide bonds. The van der Waals surface area contributed by atoms with Crippen LogP contribution in [0.4, 0.5) is 4.79 Å². The number of amides is 1. The molecule has 0 atom stereocenters. The summed E-state index contributed by atoms with van der Waals surface area (Å²) in [6.07, 6.45) is -0.703. The highest BCUT2D eigenvalue weighted by atomic mass is 79.9. The molecule has 0 saturated carbocycles. The molecular weight excluding hydrogens is 414 g/mol. The van der Waals surface area contributed by atoms with E-state index in [4.69, 9.17) is 14.3 Å². The van der Waals surface area contributed by atoms with Crippen molar-refractivity contribution in [2.24, 2.45) is 0 Å². The van der Waals surface area contributed by atoms with Crippen molar-refractivity contribution in [1.82, 2.24) is 5.48 Å². The van der Waals surface area contributed by atoms with Gasteiger partial charge in [0.2, 0.25) is 0 Å². The Morgan fingerprint density at radius 2 is 1.74 bits per heavy atom. The van der Waals surface area contributed by atoms with E-state index in [1.165, 1.54) is 7.11 Å². The molecule has 0 bridgehead atoms. The largest absolute Gasteiger partial charge is 0.497 e. The van der Waals surface area contributed by atoms with Gasteiger partial charge in [-0.05, 0) is 68.8 Å². The molecule has 1 N–H and O–H groups in total. The lowest BCUT2D eigenvalue weighted by molar-refractivity contribution is -0.0138. The number of ketones is 1. The first-order valence-corrected chi connectivity index (χ1v) is 9.07. The number of carbonyl (C=O) groups is 2. The van der Waals surface area contributed by atoms with Crippen LogP contribution >= 0.6 is 15.9 Å². The van der Waals surface area contributed by atoms with Crippen molar-refractivity contribution in [3.05, 3.63) is 63.6 Å². The zero-order valence-electron chi connectivity index (χ0n) is 15.7. The van der Waals surface area contributed by atoms with E-state index < -0.39 is 11.7 Å². The van der Waals surface area contributed by atoms with Crippen LogP contribution in [0.3, 0.4) is 0 Å². The summed E-state index contributed by atoms with van der Waals surface area (Å²) in [6.45, 7) is 5.24. The number of hydrogen-bond acceptors (Lipinski definition) is 5. The lowest BCUT2D eigenvalue weighted by atomic mass is 9.98. The number of hydroxylamine groups is 1. The third-order valence-electron chi connectivity index (χ3n) is 3.45. The molecule has 0 heterocycles. The van der Waals surface area contributed by atoms with Crippen LogP contribution in [0.5, 0.6) is 5.75 Å². The summed E-state index contributed by atoms with van der Waals surface area (Å²) < 4.78 is 11.2. The van der Waals surface area contributed by atoms with Gasteiger partial charge in [-0.1, -0.05) is 15.9 Å². The summed E-state index contributed by atoms with van der Waals surface area (Å²) in [5.41, 5.74) is 3.18. The van der Waals surface area contributed by atoms with Crippen molar-refractivity contribution in [1.29, 1.82) is 0 Å². The van der Waals surface area contributed by atoms with E-state index in [2.05, 4.69) is 21.4 Å². The first-order chi connectivity index (χ1) is 12.7. The second kappa shape index (κ2) is 9.01. The van der Waals surface area contributed by atoms with Crippen LogP contribution in [-0.4, -0.2) is 24.6 Å². The molecule has 0 saturated heterocycles. The first-order valence-electron chi connectivity index (χ1n) is 8.27. The second-order valence-electron chi connectivity index (χ2n) is 6.75. The van der Waals surface area contributed by atoms with Crippen LogP contribution in [0.15, 0.2) is 46.9 Å². The van der Waals surface area contributed by atoms with E-state index in [0.717, 1.165) is 4.47 Å². The fraction of sp³-hybridized carbons (Fsp3) is 0.300. The molecule has 7 heteroatoms. The summed E-state index contributed by atoms with van der Waals surface area (Å²) in [7, 11) is 1.54. The lowest BCUT2D eigenvalue weighted by Crippen LogP contribution is -2.32. The number of carbonyl (C=O) groups excluding carboxylic acids is 2. The lowest BCUT2D eigenvalue weighted by Gasteiger charge is -2.19. The highest BCUT2D eigenvalue weighted by Gasteiger charge is 2.18. The van der Waals surface area contributed by atoms with Gasteiger partial charge >= 0.3 is 6.09 Å². The minimum absolute atomic E-state index is 0.0198. The van der Waals surface area contributed by atoms with Gasteiger partial charge < -0.3 is 9.47 Å². The molecule has 0 spiro atoms. The molecule has 0 aromatic heterocycles. The van der Waals surface area contributed by atoms with Gasteiger partial charge in [0.1, 0.15) is 18.0 Å². The number of halogens is 1. The van der Waals surface area contributed by atoms with Gasteiger partial charge in [0.15, 0.2) is 5.78 Å². The minimum Gasteiger partial charge on any atom is -0.497 e. The Hall–Kier alpha value is -2.38. The van der Waals surface area contributed by atoms with Crippen molar-refractivity contribution >= 4 is 27.8 Å². The topological polar surface area (TPSA) is 73.9 Å². The molecule has 0 aliphatic heterocycles. The minimum atomic E-state index is -0.703. The number of benzene rings is 2. The van der Waals surface area contributed by atoms with E-state index in [9.17, 15) is 9.59 Å². The van der Waals surface area contributed by atoms with E-state index in [-0.39, 0.29) is 12.4 Å². The summed E-state index contributed by atoms with van der Waals surface area (Å²) in [4.78, 5) is 29.8. The fourth-order valence-electron chi connectivity index (χ4n) is 2.27. The SMILES string of the molecule is COc1ccc(C(=O)c2ccc(Br)cc2)c(CONC(=O)OC(C)(C)C)c1. The standard InChI is InChI=1S/C20H22BrNO5/c1-20(2,3)27-19(24)22-26-12-14-11-16(25-4)9-10-17(14)18(23)13-5-7-15(21)8-6-13/h5-11H,12H2,1-4H3,(H,22,24). The van der Waals surface area contributed by atoms with E-state index in [0.29, 0.717) is 22.4 Å². The van der Waals surface area contributed by atoms with Gasteiger partial charge in [0.05, 0.1) is 7.11 Å². The van der Waals surface area contributed by atoms with Gasteiger partial charge in [0, 0.05) is 15.6 Å². The molecule has 6 nitrogen and oxygen atoms in total. The highest BCUT2D eigenvalue weighted by molar-refractivity contribution is 9.10. The fourth-order valence-corrected chi connectivity index (χ4v) is 2.53. The van der Waals surface area contributed by atoms with Crippen molar-refractivity contribution in [3.63, 3.8) is 0 Å². The summed E-state index contributed by atoms with van der Waals surface area (Å²) >= 11 is 3.35. The molecule has 0 aliphatic rings. The van der Waals surface area contributed by atoms with Crippen molar-refractivity contribution in [2.45, 2.75) is 33.0 Å². The maximum Gasteiger partial charge on any atom is 0.431 e. The summed E-state index contributed by atoms with van der Waals surface area (Å²) in [5, 5.41) is 0. The van der Waals surface area contributed by atoms with Gasteiger partial charge in [0.25, 0.3) is 0 Å². The Kier molecular flexibility index (Phi) is 6.98. The van der Waals surface area contributed by atoms with E-state index >= 15 is 0 Å². The van der Waals surface area contributed by atoms with E-state index in [1.807, 2.05) is 0 Å². The van der Waals surface area contributed by atoms with Crippen molar-refractivity contribution in [2.75, 3.05) is 7.11 Å². The highest BCUT2D eigenvalue weighted by Crippen LogP contribution is 2.22. The average molecular weight is 436 g/mol. The van der Waals surface area contributed by atoms with Gasteiger partial charge in [-0.3, -0.25) is 9.63 Å². The average Bonchev–Trinajstić information content (AvgIpc) is 2.60. The van der Waals surface area contributed by atoms with Crippen LogP contribution in [0.1, 0.15) is 42.3 Å². The molecule has 27 heavy (non-hydrogen) atoms. The van der Waals surface area contributed by atoms with Gasteiger partial charge in [-0.25, -0.2) is 4.79 Å². The maximum absolute atomic E-state index is 12.8.